The van der Waals surface area contributed by atoms with Crippen molar-refractivity contribution in [1.29, 1.82) is 0 Å². The number of nitrogens with zero attached hydrogens (tertiary/aromatic N) is 1. The fraction of sp³-hybridized carbons (Fsp3) is 0.800. The van der Waals surface area contributed by atoms with Crippen molar-refractivity contribution >= 4 is 17.8 Å². The Morgan fingerprint density at radius 3 is 2.52 bits per heavy atom. The lowest BCUT2D eigenvalue weighted by Crippen LogP contribution is -2.46. The average Bonchev–Trinajstić information content (AvgIpc) is 3.37. The maximum absolute atomic E-state index is 12.3. The second kappa shape index (κ2) is 5.66. The number of hydrogen-bond acceptors (Lipinski definition) is 3. The van der Waals surface area contributed by atoms with Crippen LogP contribution in [-0.2, 0) is 14.4 Å². The van der Waals surface area contributed by atoms with E-state index in [1.165, 1.54) is 12.8 Å². The number of rotatable bonds is 5. The molecule has 3 fully saturated rings. The Labute approximate surface area is 123 Å². The largest absolute Gasteiger partial charge is 0.481 e. The Bertz CT molecular complexity index is 461. The van der Waals surface area contributed by atoms with Crippen molar-refractivity contribution in [2.75, 3.05) is 19.6 Å². The molecule has 0 spiro atoms. The predicted octanol–water partition coefficient (Wildman–Crippen LogP) is 0.472. The first kappa shape index (κ1) is 14.4. The van der Waals surface area contributed by atoms with Gasteiger partial charge in [0.25, 0.3) is 0 Å². The molecule has 3 unspecified atom stereocenters. The Morgan fingerprint density at radius 2 is 1.90 bits per heavy atom. The summed E-state index contributed by atoms with van der Waals surface area (Å²) in [6.45, 7) is 1.85. The van der Waals surface area contributed by atoms with E-state index in [-0.39, 0.29) is 23.7 Å². The number of carbonyl (C=O) groups is 3. The molecule has 6 heteroatoms. The Balaban J connectivity index is 1.49. The zero-order valence-electron chi connectivity index (χ0n) is 12.1. The van der Waals surface area contributed by atoms with E-state index in [2.05, 4.69) is 5.32 Å². The van der Waals surface area contributed by atoms with Gasteiger partial charge in [0.05, 0.1) is 17.8 Å². The molecule has 0 bridgehead atoms. The van der Waals surface area contributed by atoms with Crippen LogP contribution < -0.4 is 5.32 Å². The van der Waals surface area contributed by atoms with Gasteiger partial charge in [0, 0.05) is 19.6 Å². The summed E-state index contributed by atoms with van der Waals surface area (Å²) in [5.41, 5.74) is 0. The van der Waals surface area contributed by atoms with Crippen LogP contribution in [0.2, 0.25) is 0 Å². The summed E-state index contributed by atoms with van der Waals surface area (Å²) in [4.78, 5) is 36.9. The molecule has 1 saturated heterocycles. The molecule has 116 valence electrons. The molecule has 1 aliphatic heterocycles. The zero-order chi connectivity index (χ0) is 15.0. The van der Waals surface area contributed by atoms with Gasteiger partial charge in [-0.05, 0) is 38.0 Å². The summed E-state index contributed by atoms with van der Waals surface area (Å²) in [7, 11) is 0. The third-order valence-corrected chi connectivity index (χ3v) is 4.79. The maximum Gasteiger partial charge on any atom is 0.307 e. The van der Waals surface area contributed by atoms with E-state index >= 15 is 0 Å². The van der Waals surface area contributed by atoms with Crippen molar-refractivity contribution in [2.45, 2.75) is 32.1 Å². The third kappa shape index (κ3) is 3.36. The van der Waals surface area contributed by atoms with Crippen LogP contribution in [0, 0.1) is 23.7 Å². The molecule has 3 aliphatic rings. The van der Waals surface area contributed by atoms with E-state index in [0.29, 0.717) is 25.4 Å². The summed E-state index contributed by atoms with van der Waals surface area (Å²) in [6.07, 6.45) is 4.48. The van der Waals surface area contributed by atoms with Crippen molar-refractivity contribution in [3.8, 4) is 0 Å². The molecule has 2 saturated carbocycles. The molecule has 3 atom stereocenters. The Morgan fingerprint density at radius 1 is 1.14 bits per heavy atom. The van der Waals surface area contributed by atoms with E-state index in [9.17, 15) is 14.4 Å². The van der Waals surface area contributed by atoms with Gasteiger partial charge in [0.15, 0.2) is 0 Å². The van der Waals surface area contributed by atoms with Crippen molar-refractivity contribution in [1.82, 2.24) is 10.2 Å². The van der Waals surface area contributed by atoms with E-state index < -0.39 is 11.9 Å². The predicted molar refractivity (Wildman–Crippen MR) is 74.3 cm³/mol. The second-order valence-corrected chi connectivity index (χ2v) is 6.60. The molecule has 0 aromatic rings. The molecule has 0 radical (unpaired) electrons. The van der Waals surface area contributed by atoms with Gasteiger partial charge in [-0.25, -0.2) is 0 Å². The van der Waals surface area contributed by atoms with Crippen LogP contribution in [-0.4, -0.2) is 47.4 Å². The molecule has 0 aromatic carbocycles. The number of piperidine rings is 1. The van der Waals surface area contributed by atoms with Crippen LogP contribution in [0.1, 0.15) is 32.1 Å². The topological polar surface area (TPSA) is 86.7 Å². The zero-order valence-corrected chi connectivity index (χ0v) is 12.1. The fourth-order valence-corrected chi connectivity index (χ4v) is 3.08. The van der Waals surface area contributed by atoms with Gasteiger partial charge < -0.3 is 15.3 Å². The van der Waals surface area contributed by atoms with Crippen LogP contribution in [0.15, 0.2) is 0 Å². The summed E-state index contributed by atoms with van der Waals surface area (Å²) in [5.74, 6) is -1.28. The number of aliphatic carboxylic acids is 1. The molecule has 0 aromatic heterocycles. The van der Waals surface area contributed by atoms with Gasteiger partial charge in [0.1, 0.15) is 0 Å². The number of amides is 2. The molecule has 2 N–H and O–H groups in total. The molecule has 3 rings (SSSR count). The summed E-state index contributed by atoms with van der Waals surface area (Å²) in [5, 5.41) is 11.9. The Hall–Kier alpha value is -1.59. The number of likely N-dealkylation sites (tertiary alicyclic amines) is 1. The first-order valence-electron chi connectivity index (χ1n) is 7.85. The quantitative estimate of drug-likeness (QED) is 0.772. The van der Waals surface area contributed by atoms with Crippen molar-refractivity contribution in [3.63, 3.8) is 0 Å². The highest BCUT2D eigenvalue weighted by molar-refractivity contribution is 5.90. The highest BCUT2D eigenvalue weighted by Gasteiger charge is 2.50. The lowest BCUT2D eigenvalue weighted by molar-refractivity contribution is -0.143. The van der Waals surface area contributed by atoms with Crippen LogP contribution in [0.3, 0.4) is 0 Å². The average molecular weight is 294 g/mol. The van der Waals surface area contributed by atoms with Crippen molar-refractivity contribution < 1.29 is 19.5 Å². The molecule has 1 heterocycles. The monoisotopic (exact) mass is 294 g/mol. The number of carbonyl (C=O) groups excluding carboxylic acids is 2. The van der Waals surface area contributed by atoms with E-state index in [0.717, 1.165) is 19.4 Å². The normalized spacial score (nSPS) is 31.6. The first-order chi connectivity index (χ1) is 10.1. The summed E-state index contributed by atoms with van der Waals surface area (Å²) in [6, 6.07) is 0. The maximum atomic E-state index is 12.3. The van der Waals surface area contributed by atoms with Crippen LogP contribution in [0.5, 0.6) is 0 Å². The SMILES string of the molecule is O=C(NCC1CC1)C1CCCN(C(=O)C2CC2C(=O)O)C1. The first-order valence-corrected chi connectivity index (χ1v) is 7.85. The minimum atomic E-state index is -0.885. The van der Waals surface area contributed by atoms with Crippen LogP contribution in [0.4, 0.5) is 0 Å². The van der Waals surface area contributed by atoms with Gasteiger partial charge in [0.2, 0.25) is 11.8 Å². The van der Waals surface area contributed by atoms with E-state index in [1.807, 2.05) is 0 Å². The summed E-state index contributed by atoms with van der Waals surface area (Å²) < 4.78 is 0. The van der Waals surface area contributed by atoms with E-state index in [4.69, 9.17) is 5.11 Å². The minimum absolute atomic E-state index is 0.0463. The third-order valence-electron chi connectivity index (χ3n) is 4.79. The molecule has 2 aliphatic carbocycles. The second-order valence-electron chi connectivity index (χ2n) is 6.60. The van der Waals surface area contributed by atoms with Crippen LogP contribution >= 0.6 is 0 Å². The molecule has 6 nitrogen and oxygen atoms in total. The lowest BCUT2D eigenvalue weighted by atomic mass is 9.96. The van der Waals surface area contributed by atoms with Gasteiger partial charge >= 0.3 is 5.97 Å². The Kier molecular flexibility index (Phi) is 3.87. The highest BCUT2D eigenvalue weighted by Crippen LogP contribution is 2.40. The number of nitrogens with one attached hydrogen (secondary N) is 1. The molecular formula is C15H22N2O4. The van der Waals surface area contributed by atoms with Crippen molar-refractivity contribution in [2.24, 2.45) is 23.7 Å². The molecule has 21 heavy (non-hydrogen) atoms. The molecule has 2 amide bonds. The minimum Gasteiger partial charge on any atom is -0.481 e. The summed E-state index contributed by atoms with van der Waals surface area (Å²) >= 11 is 0. The van der Waals surface area contributed by atoms with Gasteiger partial charge in [-0.2, -0.15) is 0 Å². The number of carboxylic acids is 1. The number of carboxylic acid groups (broad SMARTS) is 1. The lowest BCUT2D eigenvalue weighted by Gasteiger charge is -2.32. The van der Waals surface area contributed by atoms with Crippen molar-refractivity contribution in [3.05, 3.63) is 0 Å². The standard InChI is InChI=1S/C15H22N2O4/c18-13(16-7-9-3-4-9)10-2-1-5-17(8-10)14(19)11-6-12(11)15(20)21/h9-12H,1-8H2,(H,16,18)(H,20,21). The molecular weight excluding hydrogens is 272 g/mol. The van der Waals surface area contributed by atoms with Gasteiger partial charge in [-0.3, -0.25) is 14.4 Å². The number of hydrogen-bond donors (Lipinski definition) is 2. The van der Waals surface area contributed by atoms with Gasteiger partial charge in [-0.15, -0.1) is 0 Å². The fourth-order valence-electron chi connectivity index (χ4n) is 3.08. The highest BCUT2D eigenvalue weighted by atomic mass is 16.4. The van der Waals surface area contributed by atoms with E-state index in [1.54, 1.807) is 4.90 Å². The van der Waals surface area contributed by atoms with Crippen LogP contribution in [0.25, 0.3) is 0 Å². The smallest absolute Gasteiger partial charge is 0.307 e. The van der Waals surface area contributed by atoms with Gasteiger partial charge in [-0.1, -0.05) is 0 Å².